The molecule has 0 atom stereocenters. The predicted octanol–water partition coefficient (Wildman–Crippen LogP) is 2.41. The van der Waals surface area contributed by atoms with E-state index in [1.54, 1.807) is 12.1 Å². The lowest BCUT2D eigenvalue weighted by Gasteiger charge is -2.08. The smallest absolute Gasteiger partial charge is 0.325 e. The number of hydrogen-bond donors (Lipinski definition) is 1. The van der Waals surface area contributed by atoms with Gasteiger partial charge in [0.05, 0.1) is 17.1 Å². The summed E-state index contributed by atoms with van der Waals surface area (Å²) >= 11 is 5.89. The number of Topliss-reactive ketones (excluding diaryl/α,β-unsaturated/α-hetero) is 1. The number of hydrogen-bond acceptors (Lipinski definition) is 7. The number of amides is 1. The highest BCUT2D eigenvalue weighted by Gasteiger charge is 2.19. The summed E-state index contributed by atoms with van der Waals surface area (Å²) in [7, 11) is 1.27. The molecule has 0 saturated heterocycles. The number of carbonyl (C=O) groups is 3. The van der Waals surface area contributed by atoms with Gasteiger partial charge in [0.2, 0.25) is 5.78 Å². The van der Waals surface area contributed by atoms with Crippen LogP contribution in [0.2, 0.25) is 5.02 Å². The van der Waals surface area contributed by atoms with Gasteiger partial charge in [-0.05, 0) is 24.3 Å². The first-order valence-electron chi connectivity index (χ1n) is 7.87. The highest BCUT2D eigenvalue weighted by Crippen LogP contribution is 2.27. The number of nitro groups is 1. The van der Waals surface area contributed by atoms with Crippen molar-refractivity contribution in [3.8, 4) is 5.75 Å². The molecule has 1 amide bonds. The number of nitrogens with zero attached hydrogens (tertiary/aromatic N) is 1. The lowest BCUT2D eigenvalue weighted by atomic mass is 10.1. The van der Waals surface area contributed by atoms with Crippen molar-refractivity contribution < 1.29 is 28.8 Å². The number of benzene rings is 2. The normalized spacial score (nSPS) is 10.1. The van der Waals surface area contributed by atoms with Crippen LogP contribution < -0.4 is 10.1 Å². The SMILES string of the molecule is COc1ccc(C(=O)NCC(=O)OCC(=O)c2ccccc2Cl)cc1[N+](=O)[O-]. The van der Waals surface area contributed by atoms with Crippen molar-refractivity contribution >= 4 is 34.9 Å². The summed E-state index contributed by atoms with van der Waals surface area (Å²) in [4.78, 5) is 46.1. The van der Waals surface area contributed by atoms with E-state index in [9.17, 15) is 24.5 Å². The summed E-state index contributed by atoms with van der Waals surface area (Å²) < 4.78 is 9.66. The number of esters is 1. The Morgan fingerprint density at radius 3 is 2.54 bits per heavy atom. The number of halogens is 1. The molecule has 0 bridgehead atoms. The Bertz CT molecular complexity index is 930. The molecule has 28 heavy (non-hydrogen) atoms. The number of ether oxygens (including phenoxy) is 2. The minimum Gasteiger partial charge on any atom is -0.490 e. The lowest BCUT2D eigenvalue weighted by molar-refractivity contribution is -0.385. The second kappa shape index (κ2) is 9.47. The molecular weight excluding hydrogens is 392 g/mol. The highest BCUT2D eigenvalue weighted by atomic mass is 35.5. The molecule has 0 spiro atoms. The fourth-order valence-corrected chi connectivity index (χ4v) is 2.43. The molecule has 2 aromatic rings. The van der Waals surface area contributed by atoms with Gasteiger partial charge in [0.1, 0.15) is 6.54 Å². The third kappa shape index (κ3) is 5.27. The van der Waals surface area contributed by atoms with Crippen LogP contribution in [-0.2, 0) is 9.53 Å². The Morgan fingerprint density at radius 1 is 1.18 bits per heavy atom. The van der Waals surface area contributed by atoms with Crippen LogP contribution in [0, 0.1) is 10.1 Å². The first-order valence-corrected chi connectivity index (χ1v) is 8.25. The maximum absolute atomic E-state index is 12.1. The molecule has 146 valence electrons. The van der Waals surface area contributed by atoms with Crippen LogP contribution in [0.25, 0.3) is 0 Å². The standard InChI is InChI=1S/C18H15ClN2O7/c1-27-16-7-6-11(8-14(16)21(25)26)18(24)20-9-17(23)28-10-15(22)12-4-2-3-5-13(12)19/h2-8H,9-10H2,1H3,(H,20,24). The second-order valence-corrected chi connectivity index (χ2v) is 5.80. The van der Waals surface area contributed by atoms with E-state index in [4.69, 9.17) is 21.1 Å². The number of methoxy groups -OCH3 is 1. The van der Waals surface area contributed by atoms with Crippen molar-refractivity contribution in [3.05, 3.63) is 68.7 Å². The van der Waals surface area contributed by atoms with Crippen molar-refractivity contribution in [2.24, 2.45) is 0 Å². The first-order chi connectivity index (χ1) is 13.3. The summed E-state index contributed by atoms with van der Waals surface area (Å²) in [6.45, 7) is -1.05. The molecule has 2 aromatic carbocycles. The molecule has 1 N–H and O–H groups in total. The molecule has 0 unspecified atom stereocenters. The molecular formula is C18H15ClN2O7. The van der Waals surface area contributed by atoms with Crippen molar-refractivity contribution in [1.29, 1.82) is 0 Å². The van der Waals surface area contributed by atoms with E-state index in [0.717, 1.165) is 6.07 Å². The van der Waals surface area contributed by atoms with Crippen molar-refractivity contribution in [1.82, 2.24) is 5.32 Å². The highest BCUT2D eigenvalue weighted by molar-refractivity contribution is 6.34. The van der Waals surface area contributed by atoms with E-state index >= 15 is 0 Å². The van der Waals surface area contributed by atoms with Gasteiger partial charge in [0, 0.05) is 17.2 Å². The van der Waals surface area contributed by atoms with Gasteiger partial charge in [-0.1, -0.05) is 23.7 Å². The van der Waals surface area contributed by atoms with E-state index in [2.05, 4.69) is 5.32 Å². The Kier molecular flexibility index (Phi) is 7.05. The van der Waals surface area contributed by atoms with E-state index in [1.807, 2.05) is 0 Å². The summed E-state index contributed by atoms with van der Waals surface area (Å²) in [6.07, 6.45) is 0. The van der Waals surface area contributed by atoms with E-state index in [-0.39, 0.29) is 27.6 Å². The maximum atomic E-state index is 12.1. The Hall–Kier alpha value is -3.46. The first kappa shape index (κ1) is 20.8. The summed E-state index contributed by atoms with van der Waals surface area (Å²) in [5, 5.41) is 13.5. The van der Waals surface area contributed by atoms with Crippen molar-refractivity contribution in [2.75, 3.05) is 20.3 Å². The molecule has 10 heteroatoms. The third-order valence-corrected chi connectivity index (χ3v) is 3.90. The Balaban J connectivity index is 1.90. The van der Waals surface area contributed by atoms with Crippen molar-refractivity contribution in [2.45, 2.75) is 0 Å². The molecule has 0 heterocycles. The zero-order valence-corrected chi connectivity index (χ0v) is 15.4. The molecule has 0 aromatic heterocycles. The summed E-state index contributed by atoms with van der Waals surface area (Å²) in [6, 6.07) is 9.92. The van der Waals surface area contributed by atoms with E-state index in [0.29, 0.717) is 0 Å². The molecule has 0 aliphatic carbocycles. The minimum absolute atomic E-state index is 0.000884. The molecule has 0 saturated carbocycles. The number of carbonyl (C=O) groups excluding carboxylic acids is 3. The van der Waals surface area contributed by atoms with Crippen LogP contribution in [0.5, 0.6) is 5.75 Å². The van der Waals surface area contributed by atoms with E-state index in [1.165, 1.54) is 31.4 Å². The van der Waals surface area contributed by atoms with Gasteiger partial charge in [0.15, 0.2) is 12.4 Å². The summed E-state index contributed by atoms with van der Waals surface area (Å²) in [5.74, 6) is -2.06. The molecule has 0 aliphatic heterocycles. The quantitative estimate of drug-likeness (QED) is 0.309. The van der Waals surface area contributed by atoms with Gasteiger partial charge in [-0.2, -0.15) is 0 Å². The average Bonchev–Trinajstić information content (AvgIpc) is 2.69. The summed E-state index contributed by atoms with van der Waals surface area (Å²) in [5.41, 5.74) is -0.206. The number of ketones is 1. The van der Waals surface area contributed by atoms with Gasteiger partial charge < -0.3 is 14.8 Å². The van der Waals surface area contributed by atoms with Gasteiger partial charge in [-0.25, -0.2) is 0 Å². The van der Waals surface area contributed by atoms with Crippen LogP contribution in [-0.4, -0.2) is 42.8 Å². The molecule has 0 aliphatic rings. The molecule has 0 radical (unpaired) electrons. The van der Waals surface area contributed by atoms with Gasteiger partial charge in [-0.3, -0.25) is 24.5 Å². The van der Waals surface area contributed by atoms with Crippen LogP contribution in [0.4, 0.5) is 5.69 Å². The fraction of sp³-hybridized carbons (Fsp3) is 0.167. The molecule has 9 nitrogen and oxygen atoms in total. The third-order valence-electron chi connectivity index (χ3n) is 3.57. The van der Waals surface area contributed by atoms with Gasteiger partial charge in [-0.15, -0.1) is 0 Å². The second-order valence-electron chi connectivity index (χ2n) is 5.39. The number of nitrogens with one attached hydrogen (secondary N) is 1. The molecule has 2 rings (SSSR count). The zero-order chi connectivity index (χ0) is 20.7. The van der Waals surface area contributed by atoms with Crippen molar-refractivity contribution in [3.63, 3.8) is 0 Å². The van der Waals surface area contributed by atoms with E-state index < -0.39 is 35.7 Å². The Morgan fingerprint density at radius 2 is 1.89 bits per heavy atom. The maximum Gasteiger partial charge on any atom is 0.325 e. The lowest BCUT2D eigenvalue weighted by Crippen LogP contribution is -2.31. The zero-order valence-electron chi connectivity index (χ0n) is 14.6. The van der Waals surface area contributed by atoms with Crippen LogP contribution in [0.3, 0.4) is 0 Å². The fourth-order valence-electron chi connectivity index (χ4n) is 2.19. The largest absolute Gasteiger partial charge is 0.490 e. The minimum atomic E-state index is -0.850. The number of rotatable bonds is 8. The predicted molar refractivity (Wildman–Crippen MR) is 98.7 cm³/mol. The van der Waals surface area contributed by atoms with Crippen LogP contribution >= 0.6 is 11.6 Å². The molecule has 0 fully saturated rings. The topological polar surface area (TPSA) is 125 Å². The average molecular weight is 407 g/mol. The number of nitro benzene ring substituents is 1. The monoisotopic (exact) mass is 406 g/mol. The Labute approximate surface area is 164 Å². The van der Waals surface area contributed by atoms with Crippen LogP contribution in [0.1, 0.15) is 20.7 Å². The van der Waals surface area contributed by atoms with Gasteiger partial charge in [0.25, 0.3) is 5.91 Å². The van der Waals surface area contributed by atoms with Crippen LogP contribution in [0.15, 0.2) is 42.5 Å². The van der Waals surface area contributed by atoms with Gasteiger partial charge >= 0.3 is 11.7 Å².